The van der Waals surface area contributed by atoms with Gasteiger partial charge in [-0.05, 0) is 63.3 Å². The number of ether oxygens (including phenoxy) is 3. The lowest BCUT2D eigenvalue weighted by Crippen LogP contribution is -2.61. The van der Waals surface area contributed by atoms with Gasteiger partial charge in [-0.3, -0.25) is 19.2 Å². The molecule has 2 saturated heterocycles. The summed E-state index contributed by atoms with van der Waals surface area (Å²) in [4.78, 5) is 52.9. The number of hydrogen-bond acceptors (Lipinski definition) is 8. The van der Waals surface area contributed by atoms with E-state index in [1.807, 2.05) is 0 Å². The SMILES string of the molecule is C[C@@H]1O[C@@H]2OC(=O)[C@]3(C)CC4=C(CO)C5=C(CC(=O)[C@]4(C)[C@H](C1=O)[C@H]23)C(C)(C)OC(=O)C5. The molecular weight excluding hydrogens is 416 g/mol. The van der Waals surface area contributed by atoms with Gasteiger partial charge in [-0.1, -0.05) is 0 Å². The third-order valence-corrected chi connectivity index (χ3v) is 8.50. The summed E-state index contributed by atoms with van der Waals surface area (Å²) in [5.74, 6) is -2.76. The molecule has 8 nitrogen and oxygen atoms in total. The van der Waals surface area contributed by atoms with Gasteiger partial charge < -0.3 is 19.3 Å². The Morgan fingerprint density at radius 3 is 2.38 bits per heavy atom. The zero-order valence-corrected chi connectivity index (χ0v) is 18.9. The van der Waals surface area contributed by atoms with E-state index < -0.39 is 59.2 Å². The van der Waals surface area contributed by atoms with Crippen LogP contribution in [0.15, 0.2) is 22.3 Å². The fourth-order valence-electron chi connectivity index (χ4n) is 6.74. The first-order valence-electron chi connectivity index (χ1n) is 11.1. The molecule has 32 heavy (non-hydrogen) atoms. The molecule has 1 N–H and O–H groups in total. The van der Waals surface area contributed by atoms with Crippen LogP contribution in [0.25, 0.3) is 0 Å². The van der Waals surface area contributed by atoms with Crippen LogP contribution >= 0.6 is 0 Å². The van der Waals surface area contributed by atoms with Crippen molar-refractivity contribution in [1.29, 1.82) is 0 Å². The zero-order chi connectivity index (χ0) is 23.4. The van der Waals surface area contributed by atoms with E-state index in [9.17, 15) is 24.3 Å². The third kappa shape index (κ3) is 2.45. The number of hydrogen-bond donors (Lipinski definition) is 1. The first-order valence-corrected chi connectivity index (χ1v) is 11.1. The fraction of sp³-hybridized carbons (Fsp3) is 0.667. The summed E-state index contributed by atoms with van der Waals surface area (Å²) in [6.07, 6.45) is -1.63. The first-order chi connectivity index (χ1) is 14.9. The van der Waals surface area contributed by atoms with Gasteiger partial charge in [0.2, 0.25) is 6.29 Å². The van der Waals surface area contributed by atoms with Gasteiger partial charge in [-0.2, -0.15) is 0 Å². The summed E-state index contributed by atoms with van der Waals surface area (Å²) < 4.78 is 16.8. The lowest BCUT2D eigenvalue weighted by atomic mass is 9.48. The molecule has 3 aliphatic heterocycles. The maximum absolute atomic E-state index is 14.0. The molecule has 2 aliphatic carbocycles. The lowest BCUT2D eigenvalue weighted by Gasteiger charge is -2.53. The third-order valence-electron chi connectivity index (χ3n) is 8.50. The molecule has 1 saturated carbocycles. The average Bonchev–Trinajstić information content (AvgIpc) is 2.88. The average molecular weight is 444 g/mol. The minimum Gasteiger partial charge on any atom is -0.455 e. The van der Waals surface area contributed by atoms with Crippen molar-refractivity contribution < 1.29 is 38.5 Å². The molecule has 0 aromatic rings. The summed E-state index contributed by atoms with van der Waals surface area (Å²) in [6.45, 7) is 8.14. The number of aliphatic hydroxyl groups is 1. The molecule has 0 spiro atoms. The monoisotopic (exact) mass is 444 g/mol. The molecule has 5 aliphatic rings. The Morgan fingerprint density at radius 1 is 1.03 bits per heavy atom. The minimum absolute atomic E-state index is 0.00103. The van der Waals surface area contributed by atoms with Gasteiger partial charge in [-0.15, -0.1) is 0 Å². The Bertz CT molecular complexity index is 1050. The van der Waals surface area contributed by atoms with Gasteiger partial charge in [0.05, 0.1) is 23.9 Å². The number of carbonyl (C=O) groups excluding carboxylic acids is 4. The van der Waals surface area contributed by atoms with Crippen LogP contribution in [0.4, 0.5) is 0 Å². The van der Waals surface area contributed by atoms with Crippen molar-refractivity contribution in [2.24, 2.45) is 22.7 Å². The Kier molecular flexibility index (Phi) is 4.29. The molecule has 0 unspecified atom stereocenters. The van der Waals surface area contributed by atoms with Crippen molar-refractivity contribution in [2.75, 3.05) is 6.61 Å². The highest BCUT2D eigenvalue weighted by Gasteiger charge is 2.71. The molecule has 172 valence electrons. The largest absolute Gasteiger partial charge is 0.455 e. The van der Waals surface area contributed by atoms with E-state index in [4.69, 9.17) is 14.2 Å². The van der Waals surface area contributed by atoms with Crippen molar-refractivity contribution in [1.82, 2.24) is 0 Å². The summed E-state index contributed by atoms with van der Waals surface area (Å²) in [5.41, 5.74) is -1.06. The number of rotatable bonds is 1. The van der Waals surface area contributed by atoms with Gasteiger partial charge in [0, 0.05) is 18.3 Å². The fourth-order valence-corrected chi connectivity index (χ4v) is 6.74. The molecule has 6 atom stereocenters. The van der Waals surface area contributed by atoms with Gasteiger partial charge in [0.15, 0.2) is 5.78 Å². The van der Waals surface area contributed by atoms with Crippen LogP contribution in [-0.4, -0.2) is 53.2 Å². The summed E-state index contributed by atoms with van der Waals surface area (Å²) >= 11 is 0. The second kappa shape index (κ2) is 6.38. The number of esters is 2. The zero-order valence-electron chi connectivity index (χ0n) is 18.9. The molecule has 8 heteroatoms. The number of aliphatic hydroxyl groups excluding tert-OH is 1. The van der Waals surface area contributed by atoms with Crippen LogP contribution < -0.4 is 0 Å². The normalized spacial score (nSPS) is 42.7. The highest BCUT2D eigenvalue weighted by atomic mass is 16.7. The predicted molar refractivity (Wildman–Crippen MR) is 109 cm³/mol. The van der Waals surface area contributed by atoms with Crippen LogP contribution in [0.5, 0.6) is 0 Å². The predicted octanol–water partition coefficient (Wildman–Crippen LogP) is 1.79. The Hall–Kier alpha value is -2.32. The van der Waals surface area contributed by atoms with Crippen molar-refractivity contribution in [3.63, 3.8) is 0 Å². The topological polar surface area (TPSA) is 116 Å². The molecule has 0 radical (unpaired) electrons. The molecular formula is C24H28O8. The molecule has 3 heterocycles. The number of Topliss-reactive ketones (excluding diaryl/α,β-unsaturated/α-hetero) is 2. The number of allylic oxidation sites excluding steroid dienone is 1. The number of carbonyl (C=O) groups is 4. The van der Waals surface area contributed by atoms with Crippen LogP contribution in [0.3, 0.4) is 0 Å². The number of ketones is 2. The maximum atomic E-state index is 14.0. The van der Waals surface area contributed by atoms with Crippen LogP contribution in [0, 0.1) is 22.7 Å². The van der Waals surface area contributed by atoms with E-state index in [0.717, 1.165) is 0 Å². The van der Waals surface area contributed by atoms with Crippen LogP contribution in [0.1, 0.15) is 53.9 Å². The minimum atomic E-state index is -1.25. The van der Waals surface area contributed by atoms with Gasteiger partial charge in [-0.25, -0.2) is 0 Å². The van der Waals surface area contributed by atoms with E-state index in [1.54, 1.807) is 34.6 Å². The van der Waals surface area contributed by atoms with E-state index in [0.29, 0.717) is 22.3 Å². The molecule has 3 fully saturated rings. The van der Waals surface area contributed by atoms with Crippen molar-refractivity contribution in [2.45, 2.75) is 71.9 Å². The summed E-state index contributed by atoms with van der Waals surface area (Å²) in [7, 11) is 0. The Labute approximate surface area is 186 Å². The number of fused-ring (bicyclic) bond motifs is 2. The van der Waals surface area contributed by atoms with Crippen molar-refractivity contribution in [3.05, 3.63) is 22.3 Å². The molecule has 5 rings (SSSR count). The standard InChI is InChI=1S/C24H28O8/c1-10-19(28)17-18-20(30-10)31-21(29)23(18,4)8-14-12(9-25)11-6-16(27)32-22(2,3)13(11)7-15(26)24(14,17)5/h10,17-18,20,25H,6-9H2,1-5H3/t10-,17-,18+,20+,23+,24+/m0/s1. The van der Waals surface area contributed by atoms with Crippen molar-refractivity contribution >= 4 is 23.5 Å². The molecule has 0 bridgehead atoms. The lowest BCUT2D eigenvalue weighted by molar-refractivity contribution is -0.211. The molecule has 0 aromatic carbocycles. The quantitative estimate of drug-likeness (QED) is 0.609. The van der Waals surface area contributed by atoms with Crippen molar-refractivity contribution in [3.8, 4) is 0 Å². The van der Waals surface area contributed by atoms with Gasteiger partial charge in [0.1, 0.15) is 17.5 Å². The number of cyclic esters (lactones) is 1. The smallest absolute Gasteiger partial charge is 0.314 e. The summed E-state index contributed by atoms with van der Waals surface area (Å²) in [6, 6.07) is 0. The highest BCUT2D eigenvalue weighted by molar-refractivity contribution is 6.01. The molecule has 0 aromatic heterocycles. The van der Waals surface area contributed by atoms with Gasteiger partial charge in [0.25, 0.3) is 0 Å². The first kappa shape index (κ1) is 21.5. The van der Waals surface area contributed by atoms with E-state index in [2.05, 4.69) is 0 Å². The highest BCUT2D eigenvalue weighted by Crippen LogP contribution is 2.65. The van der Waals surface area contributed by atoms with Crippen LogP contribution in [0.2, 0.25) is 0 Å². The van der Waals surface area contributed by atoms with E-state index >= 15 is 0 Å². The van der Waals surface area contributed by atoms with Gasteiger partial charge >= 0.3 is 11.9 Å². The van der Waals surface area contributed by atoms with E-state index in [1.165, 1.54) is 0 Å². The maximum Gasteiger partial charge on any atom is 0.314 e. The second-order valence-electron chi connectivity index (χ2n) is 10.6. The van der Waals surface area contributed by atoms with E-state index in [-0.39, 0.29) is 30.8 Å². The van der Waals surface area contributed by atoms with Crippen LogP contribution in [-0.2, 0) is 33.4 Å². The Morgan fingerprint density at radius 2 is 1.72 bits per heavy atom. The summed E-state index contributed by atoms with van der Waals surface area (Å²) in [5, 5.41) is 10.5. The second-order valence-corrected chi connectivity index (χ2v) is 10.6. The molecule has 0 amide bonds. The Balaban J connectivity index is 1.81.